The summed E-state index contributed by atoms with van der Waals surface area (Å²) < 4.78 is 0. The van der Waals surface area contributed by atoms with Crippen LogP contribution in [0.25, 0.3) is 21.7 Å². The summed E-state index contributed by atoms with van der Waals surface area (Å²) in [6.45, 7) is 2.44. The number of likely N-dealkylation sites (N-methyl/N-ethyl adjacent to an activating group) is 2. The molecule has 23 heteroatoms. The molecule has 1 aromatic heterocycles. The summed E-state index contributed by atoms with van der Waals surface area (Å²) >= 11 is 0. The van der Waals surface area contributed by atoms with Crippen molar-refractivity contribution < 1.29 is 63.3 Å². The summed E-state index contributed by atoms with van der Waals surface area (Å²) in [6, 6.07) is 16.2. The Kier molecular flexibility index (Phi) is 21.8. The number of carbonyl (C=O) groups is 10. The zero-order chi connectivity index (χ0) is 57.2. The minimum absolute atomic E-state index is 0.0246. The molecule has 23 nitrogen and oxygen atoms in total. The molecule has 0 bridgehead atoms. The third-order valence-corrected chi connectivity index (χ3v) is 13.3. The van der Waals surface area contributed by atoms with Gasteiger partial charge in [-0.3, -0.25) is 47.9 Å². The van der Waals surface area contributed by atoms with E-state index in [0.717, 1.165) is 31.5 Å². The molecule has 7 atom stereocenters. The fraction of sp³-hybridized carbons (Fsp3) is 0.382. The first kappa shape index (κ1) is 60.0. The molecule has 0 spiro atoms. The van der Waals surface area contributed by atoms with Crippen LogP contribution >= 0.6 is 0 Å². The van der Waals surface area contributed by atoms with Gasteiger partial charge in [0.1, 0.15) is 42.0 Å². The number of hydrogen-bond donors (Lipinski definition) is 11. The number of para-hydroxylation sites is 1. The Morgan fingerprint density at radius 3 is 1.92 bits per heavy atom. The van der Waals surface area contributed by atoms with E-state index in [-0.39, 0.29) is 37.9 Å². The average Bonchev–Trinajstić information content (AvgIpc) is 3.82. The molecule has 0 saturated heterocycles. The number of primary amides is 1. The Labute approximate surface area is 449 Å². The van der Waals surface area contributed by atoms with E-state index in [4.69, 9.17) is 16.6 Å². The van der Waals surface area contributed by atoms with E-state index in [1.54, 1.807) is 36.5 Å². The number of nitrogens with zero attached hydrogens (tertiary/aromatic N) is 2. The summed E-state index contributed by atoms with van der Waals surface area (Å²) in [5.74, 6) is -9.50. The molecule has 0 aliphatic rings. The monoisotopic (exact) mass is 1080 g/mol. The molecule has 416 valence electrons. The van der Waals surface area contributed by atoms with Crippen LogP contribution in [0.5, 0.6) is 5.75 Å². The highest BCUT2D eigenvalue weighted by molar-refractivity contribution is 5.98. The van der Waals surface area contributed by atoms with E-state index in [2.05, 4.69) is 31.6 Å². The predicted molar refractivity (Wildman–Crippen MR) is 287 cm³/mol. The first-order valence-corrected chi connectivity index (χ1v) is 25.4. The van der Waals surface area contributed by atoms with Crippen molar-refractivity contribution in [3.05, 3.63) is 114 Å². The molecule has 1 heterocycles. The van der Waals surface area contributed by atoms with Gasteiger partial charge in [-0.15, -0.1) is 0 Å². The third-order valence-electron chi connectivity index (χ3n) is 13.3. The summed E-state index contributed by atoms with van der Waals surface area (Å²) in [7, 11) is 2.62. The van der Waals surface area contributed by atoms with Crippen molar-refractivity contribution in [1.82, 2.24) is 41.4 Å². The van der Waals surface area contributed by atoms with E-state index in [1.807, 2.05) is 43.3 Å². The molecular weight excluding hydrogens is 1010 g/mol. The van der Waals surface area contributed by atoms with Crippen molar-refractivity contribution in [2.75, 3.05) is 20.6 Å². The normalized spacial score (nSPS) is 13.8. The molecule has 78 heavy (non-hydrogen) atoms. The van der Waals surface area contributed by atoms with Crippen molar-refractivity contribution in [1.29, 1.82) is 0 Å². The minimum atomic E-state index is -1.72. The van der Waals surface area contributed by atoms with Gasteiger partial charge in [-0.1, -0.05) is 92.6 Å². The number of fused-ring (bicyclic) bond motifs is 2. The molecule has 5 aromatic rings. The standard InChI is InChI=1S/C55H68N10O13/c1-5-6-18-44(53(76)63-43(28-48(70)71)55(78)65(4)45(49(57)72)27-34-14-11-13-33-12-7-8-15-37(33)34)64(3)54(77)42(26-35-29-58-40-17-10-9-16-38(35)40)61-46(67)30-59-52(75)41(25-32-19-21-36(66)22-20-32)62-50(73)31(2)60-51(74)39(56)23-24-47(68)69/h7-17,19-22,29,31,39,41-45,58,66H,5-6,18,23-28,30,56H2,1-4H3,(H2,57,72)(H,59,75)(H,60,74)(H,61,67)(H,62,73)(H,63,76)(H,68,69)(H,70,71)/t31-,39+,41-,42-,43-,44-,45-/m0/s1. The van der Waals surface area contributed by atoms with Crippen LogP contribution in [0.3, 0.4) is 0 Å². The van der Waals surface area contributed by atoms with Gasteiger partial charge in [0.05, 0.1) is 19.0 Å². The first-order chi connectivity index (χ1) is 37.1. The van der Waals surface area contributed by atoms with E-state index < -0.39 is 121 Å². The molecule has 5 rings (SSSR count). The number of phenols is 1. The van der Waals surface area contributed by atoms with Gasteiger partial charge in [0.15, 0.2) is 0 Å². The van der Waals surface area contributed by atoms with Crippen LogP contribution < -0.4 is 38.1 Å². The number of nitrogens with two attached hydrogens (primary N) is 2. The van der Waals surface area contributed by atoms with Gasteiger partial charge in [-0.2, -0.15) is 0 Å². The van der Waals surface area contributed by atoms with Crippen LogP contribution in [0, 0.1) is 0 Å². The Hall–Kier alpha value is -8.86. The first-order valence-electron chi connectivity index (χ1n) is 25.4. The number of hydrogen-bond acceptors (Lipinski definition) is 12. The Morgan fingerprint density at radius 1 is 0.628 bits per heavy atom. The summed E-state index contributed by atoms with van der Waals surface area (Å²) in [5, 5.41) is 43.8. The second-order valence-electron chi connectivity index (χ2n) is 19.1. The largest absolute Gasteiger partial charge is 0.508 e. The maximum absolute atomic E-state index is 14.8. The number of aromatic hydroxyl groups is 1. The lowest BCUT2D eigenvalue weighted by molar-refractivity contribution is -0.147. The summed E-state index contributed by atoms with van der Waals surface area (Å²) in [6.07, 6.45) is 0.846. The molecule has 0 radical (unpaired) electrons. The van der Waals surface area contributed by atoms with Crippen molar-refractivity contribution in [3.8, 4) is 5.75 Å². The second kappa shape index (κ2) is 28.3. The number of carbonyl (C=O) groups excluding carboxylic acids is 8. The smallest absolute Gasteiger partial charge is 0.305 e. The quantitative estimate of drug-likeness (QED) is 0.0320. The Morgan fingerprint density at radius 2 is 1.26 bits per heavy atom. The van der Waals surface area contributed by atoms with Gasteiger partial charge < -0.3 is 68.2 Å². The summed E-state index contributed by atoms with van der Waals surface area (Å²) in [5.41, 5.74) is 14.1. The number of aromatic amines is 1. The van der Waals surface area contributed by atoms with Crippen molar-refractivity contribution in [3.63, 3.8) is 0 Å². The number of aromatic nitrogens is 1. The number of H-pyrrole nitrogens is 1. The molecule has 4 aromatic carbocycles. The van der Waals surface area contributed by atoms with E-state index in [9.17, 15) is 58.2 Å². The minimum Gasteiger partial charge on any atom is -0.508 e. The van der Waals surface area contributed by atoms with Crippen LogP contribution in [-0.2, 0) is 67.2 Å². The van der Waals surface area contributed by atoms with Crippen molar-refractivity contribution >= 4 is 80.9 Å². The predicted octanol–water partition coefficient (Wildman–Crippen LogP) is 1.13. The molecular formula is C55H68N10O13. The van der Waals surface area contributed by atoms with Crippen LogP contribution in [0.2, 0.25) is 0 Å². The Bertz CT molecular complexity index is 2980. The highest BCUT2D eigenvalue weighted by atomic mass is 16.4. The maximum atomic E-state index is 14.8. The van der Waals surface area contributed by atoms with Gasteiger partial charge >= 0.3 is 11.9 Å². The van der Waals surface area contributed by atoms with Gasteiger partial charge in [0, 0.05) is 56.9 Å². The Balaban J connectivity index is 1.36. The summed E-state index contributed by atoms with van der Waals surface area (Å²) in [4.78, 5) is 139. The molecule has 0 aliphatic carbocycles. The zero-order valence-electron chi connectivity index (χ0n) is 43.8. The van der Waals surface area contributed by atoms with Gasteiger partial charge in [-0.05, 0) is 65.4 Å². The highest BCUT2D eigenvalue weighted by Crippen LogP contribution is 2.23. The maximum Gasteiger partial charge on any atom is 0.305 e. The van der Waals surface area contributed by atoms with E-state index in [0.29, 0.717) is 29.5 Å². The van der Waals surface area contributed by atoms with E-state index >= 15 is 0 Å². The van der Waals surface area contributed by atoms with Crippen LogP contribution in [0.1, 0.15) is 69.1 Å². The molecule has 13 N–H and O–H groups in total. The van der Waals surface area contributed by atoms with E-state index in [1.165, 1.54) is 45.3 Å². The van der Waals surface area contributed by atoms with Gasteiger partial charge in [0.25, 0.3) is 0 Å². The second-order valence-corrected chi connectivity index (χ2v) is 19.1. The van der Waals surface area contributed by atoms with Crippen LogP contribution in [0.4, 0.5) is 0 Å². The fourth-order valence-electron chi connectivity index (χ4n) is 8.87. The zero-order valence-corrected chi connectivity index (χ0v) is 43.8. The number of aliphatic carboxylic acids is 2. The van der Waals surface area contributed by atoms with Crippen molar-refractivity contribution in [2.24, 2.45) is 11.5 Å². The number of carboxylic acid groups (broad SMARTS) is 2. The number of rotatable bonds is 29. The van der Waals surface area contributed by atoms with Crippen LogP contribution in [-0.4, -0.2) is 152 Å². The molecule has 0 aliphatic heterocycles. The average molecular weight is 1080 g/mol. The lowest BCUT2D eigenvalue weighted by Crippen LogP contribution is -2.59. The lowest BCUT2D eigenvalue weighted by Gasteiger charge is -2.33. The highest BCUT2D eigenvalue weighted by Gasteiger charge is 2.38. The number of benzene rings is 4. The van der Waals surface area contributed by atoms with Crippen LogP contribution in [0.15, 0.2) is 97.2 Å². The topological polar surface area (TPSA) is 366 Å². The number of carboxylic acids is 2. The van der Waals surface area contributed by atoms with Gasteiger partial charge in [-0.25, -0.2) is 0 Å². The number of unbranched alkanes of at least 4 members (excludes halogenated alkanes) is 1. The number of nitrogens with one attached hydrogen (secondary N) is 6. The SMILES string of the molecule is CCCC[C@@H](C(=O)N[C@@H](CC(=O)O)C(=O)N(C)[C@@H](Cc1cccc2ccccc12)C(N)=O)N(C)C(=O)[C@H](Cc1c[nH]c2ccccc12)NC(=O)CNC(=O)[C@H](Cc1ccc(O)cc1)NC(=O)[C@H](C)NC(=O)[C@H](N)CCC(=O)O. The molecule has 0 unspecified atom stereocenters. The lowest BCUT2D eigenvalue weighted by atomic mass is 9.97. The molecule has 0 saturated carbocycles. The van der Waals surface area contributed by atoms with Gasteiger partial charge in [0.2, 0.25) is 47.3 Å². The molecule has 8 amide bonds. The number of phenolic OH excluding ortho intramolecular Hbond substituents is 1. The van der Waals surface area contributed by atoms with Crippen molar-refractivity contribution in [2.45, 2.75) is 114 Å². The fourth-order valence-corrected chi connectivity index (χ4v) is 8.87. The third kappa shape index (κ3) is 16.8. The number of amides is 8. The molecule has 0 fully saturated rings.